The van der Waals surface area contributed by atoms with Gasteiger partial charge in [0.05, 0.1) is 26.1 Å². The van der Waals surface area contributed by atoms with Crippen LogP contribution in [0, 0.1) is 5.92 Å². The third-order valence-corrected chi connectivity index (χ3v) is 5.92. The van der Waals surface area contributed by atoms with Gasteiger partial charge in [-0.2, -0.15) is 0 Å². The summed E-state index contributed by atoms with van der Waals surface area (Å²) >= 11 is 0. The van der Waals surface area contributed by atoms with Crippen LogP contribution in [-0.2, 0) is 25.5 Å². The summed E-state index contributed by atoms with van der Waals surface area (Å²) in [5.74, 6) is -0.457. The van der Waals surface area contributed by atoms with Gasteiger partial charge in [0.15, 0.2) is 5.78 Å². The Balaban J connectivity index is 0.000000261. The molecule has 0 aliphatic rings. The topological polar surface area (TPSA) is 69.7 Å². The smallest absolute Gasteiger partial charge is 0.312 e. The van der Waals surface area contributed by atoms with Crippen molar-refractivity contribution >= 4 is 17.7 Å². The van der Waals surface area contributed by atoms with Crippen LogP contribution in [0.2, 0.25) is 0 Å². The van der Waals surface area contributed by atoms with Gasteiger partial charge >= 0.3 is 11.9 Å². The largest absolute Gasteiger partial charge is 0.469 e. The van der Waals surface area contributed by atoms with Crippen molar-refractivity contribution in [3.8, 4) is 0 Å². The summed E-state index contributed by atoms with van der Waals surface area (Å²) in [7, 11) is 2.78. The molecule has 0 bridgehead atoms. The second-order valence-corrected chi connectivity index (χ2v) is 9.15. The molecule has 3 aromatic carbocycles. The zero-order chi connectivity index (χ0) is 26.7. The number of esters is 2. The number of hydrogen-bond acceptors (Lipinski definition) is 5. The Bertz CT molecular complexity index is 1130. The van der Waals surface area contributed by atoms with Crippen molar-refractivity contribution in [1.82, 2.24) is 0 Å². The molecule has 0 aliphatic carbocycles. The Morgan fingerprint density at radius 3 is 1.69 bits per heavy atom. The lowest BCUT2D eigenvalue weighted by atomic mass is 9.96. The van der Waals surface area contributed by atoms with Crippen LogP contribution in [0.15, 0.2) is 78.9 Å². The van der Waals surface area contributed by atoms with Gasteiger partial charge in [-0.15, -0.1) is 0 Å². The molecule has 0 aliphatic heterocycles. The summed E-state index contributed by atoms with van der Waals surface area (Å²) in [6.45, 7) is 8.02. The Kier molecular flexibility index (Phi) is 11.1. The summed E-state index contributed by atoms with van der Waals surface area (Å²) in [6.07, 6.45) is 1.08. The van der Waals surface area contributed by atoms with Crippen molar-refractivity contribution in [2.75, 3.05) is 14.2 Å². The molecule has 36 heavy (non-hydrogen) atoms. The molecule has 0 spiro atoms. The van der Waals surface area contributed by atoms with Gasteiger partial charge in [-0.1, -0.05) is 86.6 Å². The molecule has 5 heteroatoms. The summed E-state index contributed by atoms with van der Waals surface area (Å²) in [6, 6.07) is 24.4. The zero-order valence-corrected chi connectivity index (χ0v) is 22.0. The number of methoxy groups -OCH3 is 2. The van der Waals surface area contributed by atoms with Crippen LogP contribution in [-0.4, -0.2) is 31.9 Å². The molecule has 0 aromatic heterocycles. The third kappa shape index (κ3) is 8.19. The lowest BCUT2D eigenvalue weighted by molar-refractivity contribution is -0.142. The normalized spacial score (nSPS) is 12.1. The standard InChI is InChI=1S/C17H16O3.C14H20O2/c1-12(17(19)20-2)14-9-6-10-15(11-14)16(18)13-7-4-3-5-8-13;1-10(2)9-12-5-7-13(8-6-12)11(3)14(15)16-4/h3-12H,1-2H3;5-8,10-11H,9H2,1-4H3. The number of carbonyl (C=O) groups is 3. The molecule has 2 atom stereocenters. The van der Waals surface area contributed by atoms with Crippen LogP contribution in [0.3, 0.4) is 0 Å². The molecule has 2 unspecified atom stereocenters. The van der Waals surface area contributed by atoms with E-state index in [4.69, 9.17) is 9.47 Å². The fourth-order valence-corrected chi connectivity index (χ4v) is 3.74. The average molecular weight is 489 g/mol. The molecular formula is C31H36O5. The van der Waals surface area contributed by atoms with Gasteiger partial charge in [0, 0.05) is 11.1 Å². The van der Waals surface area contributed by atoms with Gasteiger partial charge in [-0.25, -0.2) is 0 Å². The number of carbonyl (C=O) groups excluding carboxylic acids is 3. The fraction of sp³-hybridized carbons (Fsp3) is 0.323. The van der Waals surface area contributed by atoms with Crippen molar-refractivity contribution in [1.29, 1.82) is 0 Å². The number of hydrogen-bond donors (Lipinski definition) is 0. The van der Waals surface area contributed by atoms with Crippen molar-refractivity contribution < 1.29 is 23.9 Å². The lowest BCUT2D eigenvalue weighted by Gasteiger charge is -2.11. The highest BCUT2D eigenvalue weighted by atomic mass is 16.5. The van der Waals surface area contributed by atoms with Gasteiger partial charge in [0.2, 0.25) is 0 Å². The summed E-state index contributed by atoms with van der Waals surface area (Å²) in [5, 5.41) is 0. The predicted octanol–water partition coefficient (Wildman–Crippen LogP) is 6.36. The van der Waals surface area contributed by atoms with Gasteiger partial charge in [-0.05, 0) is 48.9 Å². The highest BCUT2D eigenvalue weighted by Gasteiger charge is 2.18. The SMILES string of the molecule is COC(=O)C(C)c1ccc(CC(C)C)cc1.COC(=O)C(C)c1cccc(C(=O)c2ccccc2)c1. The fourth-order valence-electron chi connectivity index (χ4n) is 3.74. The van der Waals surface area contributed by atoms with E-state index in [1.165, 1.54) is 19.8 Å². The molecular weight excluding hydrogens is 452 g/mol. The summed E-state index contributed by atoms with van der Waals surface area (Å²) in [4.78, 5) is 35.3. The maximum absolute atomic E-state index is 12.3. The number of rotatable bonds is 8. The highest BCUT2D eigenvalue weighted by Crippen LogP contribution is 2.20. The van der Waals surface area contributed by atoms with E-state index in [9.17, 15) is 14.4 Å². The van der Waals surface area contributed by atoms with Gasteiger partial charge < -0.3 is 9.47 Å². The highest BCUT2D eigenvalue weighted by molar-refractivity contribution is 6.09. The van der Waals surface area contributed by atoms with Crippen LogP contribution in [0.25, 0.3) is 0 Å². The van der Waals surface area contributed by atoms with E-state index in [1.807, 2.05) is 43.3 Å². The second-order valence-electron chi connectivity index (χ2n) is 9.15. The molecule has 0 saturated carbocycles. The molecule has 190 valence electrons. The number of ether oxygens (including phenoxy) is 2. The average Bonchev–Trinajstić information content (AvgIpc) is 2.91. The minimum Gasteiger partial charge on any atom is -0.469 e. The first-order valence-electron chi connectivity index (χ1n) is 12.1. The minimum atomic E-state index is -0.386. The first-order chi connectivity index (χ1) is 17.2. The zero-order valence-electron chi connectivity index (χ0n) is 22.0. The Hall–Kier alpha value is -3.73. The van der Waals surface area contributed by atoms with Gasteiger partial charge in [-0.3, -0.25) is 14.4 Å². The van der Waals surface area contributed by atoms with E-state index in [0.29, 0.717) is 17.0 Å². The van der Waals surface area contributed by atoms with Crippen molar-refractivity contribution in [2.45, 2.75) is 46.0 Å². The molecule has 0 heterocycles. The summed E-state index contributed by atoms with van der Waals surface area (Å²) < 4.78 is 9.45. The maximum Gasteiger partial charge on any atom is 0.312 e. The van der Waals surface area contributed by atoms with Crippen LogP contribution in [0.1, 0.15) is 72.1 Å². The molecule has 0 N–H and O–H groups in total. The van der Waals surface area contributed by atoms with Crippen LogP contribution >= 0.6 is 0 Å². The van der Waals surface area contributed by atoms with E-state index in [0.717, 1.165) is 17.5 Å². The molecule has 3 rings (SSSR count). The predicted molar refractivity (Wildman–Crippen MR) is 142 cm³/mol. The monoisotopic (exact) mass is 488 g/mol. The first-order valence-corrected chi connectivity index (χ1v) is 12.1. The van der Waals surface area contributed by atoms with E-state index in [2.05, 4.69) is 26.0 Å². The third-order valence-electron chi connectivity index (χ3n) is 5.92. The maximum atomic E-state index is 12.3. The van der Waals surface area contributed by atoms with Gasteiger partial charge in [0.25, 0.3) is 0 Å². The van der Waals surface area contributed by atoms with Crippen LogP contribution in [0.4, 0.5) is 0 Å². The van der Waals surface area contributed by atoms with E-state index in [-0.39, 0.29) is 29.6 Å². The molecule has 0 fully saturated rings. The quantitative estimate of drug-likeness (QED) is 0.273. The number of ketones is 1. The van der Waals surface area contributed by atoms with E-state index < -0.39 is 0 Å². The molecule has 0 amide bonds. The summed E-state index contributed by atoms with van der Waals surface area (Å²) in [5.41, 5.74) is 4.31. The van der Waals surface area contributed by atoms with Crippen LogP contribution in [0.5, 0.6) is 0 Å². The molecule has 0 radical (unpaired) electrons. The first kappa shape index (κ1) is 28.5. The Labute approximate surface area is 214 Å². The van der Waals surface area contributed by atoms with Crippen molar-refractivity contribution in [3.63, 3.8) is 0 Å². The molecule has 0 saturated heterocycles. The van der Waals surface area contributed by atoms with E-state index in [1.54, 1.807) is 37.3 Å². The van der Waals surface area contributed by atoms with Gasteiger partial charge in [0.1, 0.15) is 0 Å². The minimum absolute atomic E-state index is 0.0514. The van der Waals surface area contributed by atoms with Crippen molar-refractivity contribution in [3.05, 3.63) is 107 Å². The second kappa shape index (κ2) is 14.0. The van der Waals surface area contributed by atoms with Crippen molar-refractivity contribution in [2.24, 2.45) is 5.92 Å². The number of benzene rings is 3. The Morgan fingerprint density at radius 1 is 0.639 bits per heavy atom. The lowest BCUT2D eigenvalue weighted by Crippen LogP contribution is -2.11. The molecule has 3 aromatic rings. The van der Waals surface area contributed by atoms with E-state index >= 15 is 0 Å². The Morgan fingerprint density at radius 2 is 1.17 bits per heavy atom. The van der Waals surface area contributed by atoms with Crippen LogP contribution < -0.4 is 0 Å². The molecule has 5 nitrogen and oxygen atoms in total.